The van der Waals surface area contributed by atoms with Crippen molar-refractivity contribution in [1.82, 2.24) is 19.9 Å². The molecule has 6 heteroatoms. The lowest BCUT2D eigenvalue weighted by molar-refractivity contribution is 0.386. The van der Waals surface area contributed by atoms with Gasteiger partial charge in [-0.25, -0.2) is 24.3 Å². The Morgan fingerprint density at radius 1 is 0.967 bits per heavy atom. The molecule has 3 aromatic rings. The molecular formula is C24H25FN4O. The standard InChI is InChI=1S/C24H25FN4O/c1-30-21-12-16(8-9-20(21)25)17-13-18(17)19-14-28-24(23-26-10-5-11-27-23)29-22(19)15-6-3-2-4-7-15/h5,8-12,14-15,17-18H,2-4,6-7,13H2,1H3. The zero-order valence-electron chi connectivity index (χ0n) is 17.1. The molecule has 5 nitrogen and oxygen atoms in total. The van der Waals surface area contributed by atoms with Crippen molar-refractivity contribution in [3.8, 4) is 17.4 Å². The Labute approximate surface area is 175 Å². The van der Waals surface area contributed by atoms with E-state index >= 15 is 0 Å². The maximum Gasteiger partial charge on any atom is 0.197 e. The normalized spacial score (nSPS) is 21.4. The minimum atomic E-state index is -0.322. The molecule has 5 rings (SSSR count). The Hall–Kier alpha value is -2.89. The first kappa shape index (κ1) is 19.1. The molecule has 2 fully saturated rings. The summed E-state index contributed by atoms with van der Waals surface area (Å²) in [4.78, 5) is 18.3. The van der Waals surface area contributed by atoms with Gasteiger partial charge in [0.1, 0.15) is 0 Å². The van der Waals surface area contributed by atoms with Crippen molar-refractivity contribution in [3.05, 3.63) is 65.5 Å². The number of hydrogen-bond acceptors (Lipinski definition) is 5. The van der Waals surface area contributed by atoms with Crippen LogP contribution >= 0.6 is 0 Å². The van der Waals surface area contributed by atoms with Gasteiger partial charge in [0.05, 0.1) is 12.8 Å². The number of halogens is 1. The van der Waals surface area contributed by atoms with Crippen LogP contribution in [0.15, 0.2) is 42.9 Å². The third-order valence-electron chi connectivity index (χ3n) is 6.40. The molecule has 2 saturated carbocycles. The highest BCUT2D eigenvalue weighted by Gasteiger charge is 2.42. The highest BCUT2D eigenvalue weighted by molar-refractivity contribution is 5.47. The smallest absolute Gasteiger partial charge is 0.197 e. The van der Waals surface area contributed by atoms with Gasteiger partial charge in [0, 0.05) is 24.5 Å². The summed E-state index contributed by atoms with van der Waals surface area (Å²) < 4.78 is 19.0. The highest BCUT2D eigenvalue weighted by Crippen LogP contribution is 2.56. The van der Waals surface area contributed by atoms with Crippen molar-refractivity contribution < 1.29 is 9.13 Å². The van der Waals surface area contributed by atoms with Crippen LogP contribution in [0.3, 0.4) is 0 Å². The van der Waals surface area contributed by atoms with Crippen molar-refractivity contribution >= 4 is 0 Å². The van der Waals surface area contributed by atoms with Gasteiger partial charge in [-0.1, -0.05) is 25.3 Å². The van der Waals surface area contributed by atoms with Gasteiger partial charge in [-0.05, 0) is 60.4 Å². The number of ether oxygens (including phenoxy) is 1. The molecule has 0 N–H and O–H groups in total. The number of aromatic nitrogens is 4. The first-order valence-corrected chi connectivity index (χ1v) is 10.7. The van der Waals surface area contributed by atoms with Crippen LogP contribution in [0.2, 0.25) is 0 Å². The van der Waals surface area contributed by atoms with E-state index in [1.807, 2.05) is 18.3 Å². The van der Waals surface area contributed by atoms with Crippen LogP contribution in [0.5, 0.6) is 5.75 Å². The average Bonchev–Trinajstić information content (AvgIpc) is 3.61. The van der Waals surface area contributed by atoms with Gasteiger partial charge in [0.15, 0.2) is 23.2 Å². The van der Waals surface area contributed by atoms with Crippen molar-refractivity contribution in [2.45, 2.75) is 56.3 Å². The van der Waals surface area contributed by atoms with Crippen LogP contribution in [0.25, 0.3) is 11.6 Å². The average molecular weight is 404 g/mol. The summed E-state index contributed by atoms with van der Waals surface area (Å²) in [5.74, 6) is 2.32. The van der Waals surface area contributed by atoms with Gasteiger partial charge in [-0.15, -0.1) is 0 Å². The second kappa shape index (κ2) is 8.09. The van der Waals surface area contributed by atoms with Gasteiger partial charge in [-0.2, -0.15) is 0 Å². The predicted molar refractivity (Wildman–Crippen MR) is 112 cm³/mol. The zero-order chi connectivity index (χ0) is 20.5. The van der Waals surface area contributed by atoms with Gasteiger partial charge >= 0.3 is 0 Å². The molecule has 30 heavy (non-hydrogen) atoms. The first-order valence-electron chi connectivity index (χ1n) is 10.7. The molecule has 0 bridgehead atoms. The highest BCUT2D eigenvalue weighted by atomic mass is 19.1. The fraction of sp³-hybridized carbons (Fsp3) is 0.417. The molecule has 0 saturated heterocycles. The molecule has 0 spiro atoms. The molecule has 0 aliphatic heterocycles. The quantitative estimate of drug-likeness (QED) is 0.570. The van der Waals surface area contributed by atoms with Crippen LogP contribution in [0.4, 0.5) is 4.39 Å². The lowest BCUT2D eigenvalue weighted by Crippen LogP contribution is -2.11. The molecule has 2 aliphatic rings. The van der Waals surface area contributed by atoms with Crippen molar-refractivity contribution in [2.24, 2.45) is 0 Å². The van der Waals surface area contributed by atoms with Gasteiger partial charge in [0.25, 0.3) is 0 Å². The number of methoxy groups -OCH3 is 1. The predicted octanol–water partition coefficient (Wildman–Crippen LogP) is 5.40. The minimum absolute atomic E-state index is 0.304. The SMILES string of the molecule is COc1cc(C2CC2c2cnc(-c3ncccn3)nc2C2CCCCC2)ccc1F. The summed E-state index contributed by atoms with van der Waals surface area (Å²) in [6, 6.07) is 6.99. The summed E-state index contributed by atoms with van der Waals surface area (Å²) in [6.45, 7) is 0. The maximum atomic E-state index is 13.8. The van der Waals surface area contributed by atoms with E-state index in [9.17, 15) is 4.39 Å². The molecule has 2 unspecified atom stereocenters. The topological polar surface area (TPSA) is 60.8 Å². The lowest BCUT2D eigenvalue weighted by atomic mass is 9.84. The van der Waals surface area contributed by atoms with E-state index in [1.54, 1.807) is 18.5 Å². The molecule has 2 atom stereocenters. The summed E-state index contributed by atoms with van der Waals surface area (Å²) in [5.41, 5.74) is 3.51. The Kier molecular flexibility index (Phi) is 5.15. The summed E-state index contributed by atoms with van der Waals surface area (Å²) in [7, 11) is 1.51. The molecular weight excluding hydrogens is 379 g/mol. The third-order valence-corrected chi connectivity index (χ3v) is 6.40. The Morgan fingerprint density at radius 2 is 1.77 bits per heavy atom. The first-order chi connectivity index (χ1) is 14.7. The van der Waals surface area contributed by atoms with Crippen LogP contribution < -0.4 is 4.74 Å². The number of benzene rings is 1. The molecule has 2 aromatic heterocycles. The maximum absolute atomic E-state index is 13.8. The van der Waals surface area contributed by atoms with Crippen molar-refractivity contribution in [2.75, 3.05) is 7.11 Å². The van der Waals surface area contributed by atoms with Crippen LogP contribution in [-0.2, 0) is 0 Å². The van der Waals surface area contributed by atoms with E-state index in [2.05, 4.69) is 15.0 Å². The Balaban J connectivity index is 1.49. The van der Waals surface area contributed by atoms with E-state index in [1.165, 1.54) is 50.8 Å². The monoisotopic (exact) mass is 404 g/mol. The van der Waals surface area contributed by atoms with Gasteiger partial charge in [0.2, 0.25) is 0 Å². The molecule has 0 amide bonds. The van der Waals surface area contributed by atoms with Crippen LogP contribution in [-0.4, -0.2) is 27.0 Å². The summed E-state index contributed by atoms with van der Waals surface area (Å²) >= 11 is 0. The zero-order valence-corrected chi connectivity index (χ0v) is 17.1. The van der Waals surface area contributed by atoms with E-state index in [4.69, 9.17) is 9.72 Å². The second-order valence-electron chi connectivity index (χ2n) is 8.28. The number of nitrogens with zero attached hydrogens (tertiary/aromatic N) is 4. The van der Waals surface area contributed by atoms with E-state index in [-0.39, 0.29) is 5.82 Å². The summed E-state index contributed by atoms with van der Waals surface area (Å²) in [6.07, 6.45) is 12.6. The number of rotatable bonds is 5. The third kappa shape index (κ3) is 3.66. The molecule has 154 valence electrons. The minimum Gasteiger partial charge on any atom is -0.494 e. The van der Waals surface area contributed by atoms with Gasteiger partial charge < -0.3 is 4.74 Å². The second-order valence-corrected chi connectivity index (χ2v) is 8.28. The Morgan fingerprint density at radius 3 is 2.53 bits per heavy atom. The van der Waals surface area contributed by atoms with Crippen LogP contribution in [0.1, 0.15) is 73.1 Å². The van der Waals surface area contributed by atoms with E-state index in [0.29, 0.717) is 35.2 Å². The Bertz CT molecular complexity index is 1040. The summed E-state index contributed by atoms with van der Waals surface area (Å²) in [5, 5.41) is 0. The van der Waals surface area contributed by atoms with Gasteiger partial charge in [-0.3, -0.25) is 0 Å². The fourth-order valence-electron chi connectivity index (χ4n) is 4.73. The van der Waals surface area contributed by atoms with E-state index < -0.39 is 0 Å². The molecule has 2 heterocycles. The van der Waals surface area contributed by atoms with Crippen molar-refractivity contribution in [1.29, 1.82) is 0 Å². The molecule has 1 aromatic carbocycles. The number of hydrogen-bond donors (Lipinski definition) is 0. The van der Waals surface area contributed by atoms with Crippen LogP contribution in [0, 0.1) is 5.82 Å². The largest absolute Gasteiger partial charge is 0.494 e. The lowest BCUT2D eigenvalue weighted by Gasteiger charge is -2.23. The van der Waals surface area contributed by atoms with Crippen molar-refractivity contribution in [3.63, 3.8) is 0 Å². The van der Waals surface area contributed by atoms with E-state index in [0.717, 1.165) is 17.7 Å². The fourth-order valence-corrected chi connectivity index (χ4v) is 4.73. The molecule has 0 radical (unpaired) electrons. The molecule has 2 aliphatic carbocycles.